The van der Waals surface area contributed by atoms with E-state index in [2.05, 4.69) is 0 Å². The summed E-state index contributed by atoms with van der Waals surface area (Å²) >= 11 is 0.676. The lowest BCUT2D eigenvalue weighted by Gasteiger charge is -2.03. The van der Waals surface area contributed by atoms with Crippen LogP contribution in [0.15, 0.2) is 23.1 Å². The molecule has 0 amide bonds. The molecule has 0 radical (unpaired) electrons. The van der Waals surface area contributed by atoms with Crippen molar-refractivity contribution >= 4 is 23.4 Å². The number of esters is 1. The van der Waals surface area contributed by atoms with Crippen LogP contribution < -0.4 is 0 Å². The second-order valence-electron chi connectivity index (χ2n) is 2.85. The fourth-order valence-corrected chi connectivity index (χ4v) is 1.61. The second kappa shape index (κ2) is 5.86. The van der Waals surface area contributed by atoms with Gasteiger partial charge in [-0.3, -0.25) is 10.1 Å². The molecule has 17 heavy (non-hydrogen) atoms. The van der Waals surface area contributed by atoms with Gasteiger partial charge in [0, 0.05) is 6.07 Å². The van der Waals surface area contributed by atoms with E-state index in [-0.39, 0.29) is 22.8 Å². The lowest BCUT2D eigenvalue weighted by Crippen LogP contribution is -2.05. The molecule has 7 heteroatoms. The minimum atomic E-state index is -0.637. The smallest absolute Gasteiger partial charge is 0.338 e. The average molecular weight is 252 g/mol. The van der Waals surface area contributed by atoms with Gasteiger partial charge in [0.2, 0.25) is 0 Å². The Morgan fingerprint density at radius 2 is 2.35 bits per heavy atom. The first-order valence-corrected chi connectivity index (χ1v) is 5.43. The number of hydrogen-bond acceptors (Lipinski definition) is 6. The van der Waals surface area contributed by atoms with Crippen molar-refractivity contribution in [1.29, 1.82) is 5.26 Å². The molecular weight excluding hydrogens is 244 g/mol. The van der Waals surface area contributed by atoms with Crippen LogP contribution in [0.4, 0.5) is 5.69 Å². The van der Waals surface area contributed by atoms with Crippen molar-refractivity contribution in [3.8, 4) is 5.40 Å². The van der Waals surface area contributed by atoms with Crippen LogP contribution in [-0.2, 0) is 4.74 Å². The van der Waals surface area contributed by atoms with Crippen molar-refractivity contribution in [2.45, 2.75) is 11.8 Å². The van der Waals surface area contributed by atoms with Crippen LogP contribution in [0.25, 0.3) is 0 Å². The zero-order chi connectivity index (χ0) is 12.8. The number of benzene rings is 1. The number of ether oxygens (including phenoxy) is 1. The number of nitriles is 1. The number of nitrogens with zero attached hydrogens (tertiary/aromatic N) is 2. The number of carbonyl (C=O) groups excluding carboxylic acids is 1. The average Bonchev–Trinajstić information content (AvgIpc) is 2.30. The third-order valence-electron chi connectivity index (χ3n) is 1.82. The quantitative estimate of drug-likeness (QED) is 0.268. The Labute approximate surface area is 101 Å². The molecule has 0 aliphatic carbocycles. The minimum absolute atomic E-state index is 0.0980. The molecule has 0 saturated carbocycles. The summed E-state index contributed by atoms with van der Waals surface area (Å²) in [5, 5.41) is 21.0. The van der Waals surface area contributed by atoms with Crippen molar-refractivity contribution in [3.05, 3.63) is 33.9 Å². The second-order valence-corrected chi connectivity index (χ2v) is 3.68. The monoisotopic (exact) mass is 252 g/mol. The summed E-state index contributed by atoms with van der Waals surface area (Å²) in [4.78, 5) is 21.7. The molecule has 0 bridgehead atoms. The van der Waals surface area contributed by atoms with E-state index < -0.39 is 10.9 Å². The van der Waals surface area contributed by atoms with Gasteiger partial charge in [0.25, 0.3) is 5.69 Å². The van der Waals surface area contributed by atoms with Gasteiger partial charge < -0.3 is 4.74 Å². The zero-order valence-electron chi connectivity index (χ0n) is 8.87. The maximum absolute atomic E-state index is 11.4. The van der Waals surface area contributed by atoms with Crippen molar-refractivity contribution < 1.29 is 14.5 Å². The molecule has 0 N–H and O–H groups in total. The van der Waals surface area contributed by atoms with Crippen LogP contribution in [0.5, 0.6) is 0 Å². The standard InChI is InChI=1S/C10H8N2O4S/c1-2-16-10(13)7-3-4-9(17-6-11)8(5-7)12(14)15/h3-5H,2H2,1H3. The van der Waals surface area contributed by atoms with Crippen molar-refractivity contribution in [1.82, 2.24) is 0 Å². The van der Waals surface area contributed by atoms with E-state index in [1.54, 1.807) is 12.3 Å². The van der Waals surface area contributed by atoms with Crippen molar-refractivity contribution in [3.63, 3.8) is 0 Å². The highest BCUT2D eigenvalue weighted by Gasteiger charge is 2.18. The van der Waals surface area contributed by atoms with E-state index in [9.17, 15) is 14.9 Å². The van der Waals surface area contributed by atoms with E-state index in [1.807, 2.05) is 0 Å². The lowest BCUT2D eigenvalue weighted by atomic mass is 10.2. The summed E-state index contributed by atoms with van der Waals surface area (Å²) in [6, 6.07) is 3.86. The largest absolute Gasteiger partial charge is 0.462 e. The Kier molecular flexibility index (Phi) is 4.48. The van der Waals surface area contributed by atoms with Gasteiger partial charge in [-0.1, -0.05) is 0 Å². The summed E-state index contributed by atoms with van der Waals surface area (Å²) in [6.45, 7) is 1.84. The van der Waals surface area contributed by atoms with Crippen LogP contribution in [0.1, 0.15) is 17.3 Å². The third kappa shape index (κ3) is 3.19. The Morgan fingerprint density at radius 3 is 2.88 bits per heavy atom. The van der Waals surface area contributed by atoms with Gasteiger partial charge in [-0.05, 0) is 30.8 Å². The molecule has 6 nitrogen and oxygen atoms in total. The van der Waals surface area contributed by atoms with Crippen LogP contribution in [0.2, 0.25) is 0 Å². The predicted molar refractivity (Wildman–Crippen MR) is 60.5 cm³/mol. The predicted octanol–water partition coefficient (Wildman–Crippen LogP) is 2.34. The number of rotatable bonds is 4. The highest BCUT2D eigenvalue weighted by atomic mass is 32.2. The van der Waals surface area contributed by atoms with Gasteiger partial charge >= 0.3 is 5.97 Å². The maximum Gasteiger partial charge on any atom is 0.338 e. The van der Waals surface area contributed by atoms with E-state index in [0.29, 0.717) is 11.8 Å². The van der Waals surface area contributed by atoms with Gasteiger partial charge in [0.15, 0.2) is 0 Å². The van der Waals surface area contributed by atoms with Gasteiger partial charge in [-0.25, -0.2) is 4.79 Å². The van der Waals surface area contributed by atoms with Gasteiger partial charge in [-0.2, -0.15) is 5.26 Å². The molecule has 88 valence electrons. The number of nitro benzene ring substituents is 1. The molecule has 0 aliphatic rings. The van der Waals surface area contributed by atoms with Gasteiger partial charge in [0.1, 0.15) is 10.3 Å². The molecule has 0 saturated heterocycles. The number of carbonyl (C=O) groups is 1. The first-order chi connectivity index (χ1) is 8.10. The molecule has 0 spiro atoms. The SMILES string of the molecule is CCOC(=O)c1ccc(SC#N)c([N+](=O)[O-])c1. The van der Waals surface area contributed by atoms with Crippen molar-refractivity contribution in [2.75, 3.05) is 6.61 Å². The molecule has 1 aromatic carbocycles. The molecule has 0 unspecified atom stereocenters. The molecule has 0 aliphatic heterocycles. The maximum atomic E-state index is 11.4. The van der Waals surface area contributed by atoms with E-state index in [0.717, 1.165) is 6.07 Å². The number of thiocyanates is 1. The Morgan fingerprint density at radius 1 is 1.65 bits per heavy atom. The fourth-order valence-electron chi connectivity index (χ4n) is 1.14. The molecular formula is C10H8N2O4S. The first kappa shape index (κ1) is 13.0. The normalized spacial score (nSPS) is 9.41. The van der Waals surface area contributed by atoms with E-state index >= 15 is 0 Å². The number of thioether (sulfide) groups is 1. The van der Waals surface area contributed by atoms with Gasteiger partial charge in [0.05, 0.1) is 17.1 Å². The Hall–Kier alpha value is -2.07. The summed E-state index contributed by atoms with van der Waals surface area (Å²) in [6.07, 6.45) is 0. The van der Waals surface area contributed by atoms with Crippen LogP contribution in [0, 0.1) is 20.8 Å². The van der Waals surface area contributed by atoms with Crippen LogP contribution in [0.3, 0.4) is 0 Å². The number of hydrogen-bond donors (Lipinski definition) is 0. The zero-order valence-corrected chi connectivity index (χ0v) is 9.69. The van der Waals surface area contributed by atoms with Crippen molar-refractivity contribution in [2.24, 2.45) is 0 Å². The van der Waals surface area contributed by atoms with Crippen LogP contribution >= 0.6 is 11.8 Å². The highest BCUT2D eigenvalue weighted by Crippen LogP contribution is 2.29. The molecule has 1 rings (SSSR count). The Balaban J connectivity index is 3.14. The lowest BCUT2D eigenvalue weighted by molar-refractivity contribution is -0.387. The fraction of sp³-hybridized carbons (Fsp3) is 0.200. The first-order valence-electron chi connectivity index (χ1n) is 4.61. The third-order valence-corrected chi connectivity index (χ3v) is 2.48. The molecule has 0 aromatic heterocycles. The summed E-state index contributed by atoms with van der Waals surface area (Å²) in [7, 11) is 0. The topological polar surface area (TPSA) is 93.2 Å². The summed E-state index contributed by atoms with van der Waals surface area (Å²) in [5.74, 6) is -0.621. The summed E-state index contributed by atoms with van der Waals surface area (Å²) in [5.41, 5.74) is -0.178. The van der Waals surface area contributed by atoms with Crippen LogP contribution in [-0.4, -0.2) is 17.5 Å². The molecule has 1 aromatic rings. The van der Waals surface area contributed by atoms with E-state index in [4.69, 9.17) is 10.00 Å². The molecule has 0 atom stereocenters. The Bertz CT molecular complexity index is 496. The molecule has 0 heterocycles. The van der Waals surface area contributed by atoms with Gasteiger partial charge in [-0.15, -0.1) is 0 Å². The molecule has 0 fully saturated rings. The summed E-state index contributed by atoms with van der Waals surface area (Å²) < 4.78 is 4.73. The minimum Gasteiger partial charge on any atom is -0.462 e. The number of nitro groups is 1. The highest BCUT2D eigenvalue weighted by molar-refractivity contribution is 8.03. The van der Waals surface area contributed by atoms with E-state index in [1.165, 1.54) is 12.1 Å².